The second-order valence-corrected chi connectivity index (χ2v) is 7.28. The van der Waals surface area contributed by atoms with E-state index in [0.29, 0.717) is 11.6 Å². The molecule has 0 aromatic heterocycles. The highest BCUT2D eigenvalue weighted by Gasteiger charge is 2.46. The maximum Gasteiger partial charge on any atom is 0.240 e. The van der Waals surface area contributed by atoms with Gasteiger partial charge >= 0.3 is 0 Å². The van der Waals surface area contributed by atoms with Crippen LogP contribution in [0.15, 0.2) is 24.3 Å². The predicted octanol–water partition coefficient (Wildman–Crippen LogP) is 2.52. The van der Waals surface area contributed by atoms with Crippen molar-refractivity contribution in [2.24, 2.45) is 0 Å². The second kappa shape index (κ2) is 7.20. The van der Waals surface area contributed by atoms with E-state index in [4.69, 9.17) is 11.6 Å². The SMILES string of the molecule is CN1CCN(C2(C(=O)NCc3cccc(Cl)c3)CCCC2)CC1. The third-order valence-electron chi connectivity index (χ3n) is 5.30. The van der Waals surface area contributed by atoms with Gasteiger partial charge in [-0.2, -0.15) is 0 Å². The van der Waals surface area contributed by atoms with Crippen molar-refractivity contribution < 1.29 is 4.79 Å². The van der Waals surface area contributed by atoms with E-state index in [1.807, 2.05) is 24.3 Å². The molecule has 23 heavy (non-hydrogen) atoms. The largest absolute Gasteiger partial charge is 0.350 e. The lowest BCUT2D eigenvalue weighted by Gasteiger charge is -2.44. The van der Waals surface area contributed by atoms with Crippen molar-refractivity contribution in [1.29, 1.82) is 0 Å². The van der Waals surface area contributed by atoms with Crippen LogP contribution in [0.2, 0.25) is 5.02 Å². The predicted molar refractivity (Wildman–Crippen MR) is 93.6 cm³/mol. The van der Waals surface area contributed by atoms with Gasteiger partial charge < -0.3 is 10.2 Å². The standard InChI is InChI=1S/C18H26ClN3O/c1-21-9-11-22(12-10-21)18(7-2-3-8-18)17(23)20-14-15-5-4-6-16(19)13-15/h4-6,13H,2-3,7-12,14H2,1H3,(H,20,23). The number of carbonyl (C=O) groups is 1. The first kappa shape index (κ1) is 16.7. The number of nitrogens with one attached hydrogen (secondary N) is 1. The molecule has 1 N–H and O–H groups in total. The molecule has 5 heteroatoms. The minimum Gasteiger partial charge on any atom is -0.350 e. The second-order valence-electron chi connectivity index (χ2n) is 6.84. The molecule has 0 bridgehead atoms. The molecule has 1 heterocycles. The van der Waals surface area contributed by atoms with Gasteiger partial charge in [-0.1, -0.05) is 36.6 Å². The Hall–Kier alpha value is -1.10. The summed E-state index contributed by atoms with van der Waals surface area (Å²) < 4.78 is 0. The first-order valence-corrected chi connectivity index (χ1v) is 8.94. The van der Waals surface area contributed by atoms with Gasteiger partial charge in [0, 0.05) is 37.7 Å². The molecule has 2 fully saturated rings. The lowest BCUT2D eigenvalue weighted by molar-refractivity contribution is -0.135. The van der Waals surface area contributed by atoms with Crippen molar-refractivity contribution >= 4 is 17.5 Å². The Balaban J connectivity index is 1.67. The van der Waals surface area contributed by atoms with Crippen molar-refractivity contribution in [1.82, 2.24) is 15.1 Å². The smallest absolute Gasteiger partial charge is 0.240 e. The summed E-state index contributed by atoms with van der Waals surface area (Å²) in [5.41, 5.74) is 0.761. The van der Waals surface area contributed by atoms with Crippen LogP contribution in [0.25, 0.3) is 0 Å². The summed E-state index contributed by atoms with van der Waals surface area (Å²) in [5, 5.41) is 3.88. The van der Waals surface area contributed by atoms with Gasteiger partial charge in [0.2, 0.25) is 5.91 Å². The summed E-state index contributed by atoms with van der Waals surface area (Å²) in [6.45, 7) is 4.61. The molecule has 1 aromatic rings. The van der Waals surface area contributed by atoms with Crippen molar-refractivity contribution in [3.63, 3.8) is 0 Å². The molecule has 1 aromatic carbocycles. The van der Waals surface area contributed by atoms with Gasteiger partial charge in [0.05, 0.1) is 0 Å². The maximum absolute atomic E-state index is 13.0. The van der Waals surface area contributed by atoms with E-state index in [9.17, 15) is 4.79 Å². The van der Waals surface area contributed by atoms with Gasteiger partial charge in [-0.05, 0) is 37.6 Å². The summed E-state index contributed by atoms with van der Waals surface area (Å²) in [5.74, 6) is 0.194. The van der Waals surface area contributed by atoms with Crippen LogP contribution in [0.1, 0.15) is 31.2 Å². The van der Waals surface area contributed by atoms with Crippen molar-refractivity contribution in [2.75, 3.05) is 33.2 Å². The number of likely N-dealkylation sites (N-methyl/N-ethyl adjacent to an activating group) is 1. The molecular weight excluding hydrogens is 310 g/mol. The molecule has 0 atom stereocenters. The molecular formula is C18H26ClN3O. The zero-order valence-corrected chi connectivity index (χ0v) is 14.6. The molecule has 1 aliphatic heterocycles. The van der Waals surface area contributed by atoms with Crippen LogP contribution in [0.3, 0.4) is 0 Å². The maximum atomic E-state index is 13.0. The van der Waals surface area contributed by atoms with Crippen molar-refractivity contribution in [3.05, 3.63) is 34.9 Å². The third-order valence-corrected chi connectivity index (χ3v) is 5.54. The van der Waals surface area contributed by atoms with E-state index < -0.39 is 0 Å². The minimum atomic E-state index is -0.292. The topological polar surface area (TPSA) is 35.6 Å². The quantitative estimate of drug-likeness (QED) is 0.918. The minimum absolute atomic E-state index is 0.194. The number of amides is 1. The molecule has 4 nitrogen and oxygen atoms in total. The van der Waals surface area contributed by atoms with Crippen LogP contribution in [0.5, 0.6) is 0 Å². The molecule has 1 saturated heterocycles. The highest BCUT2D eigenvalue weighted by atomic mass is 35.5. The van der Waals surface area contributed by atoms with Gasteiger partial charge in [0.25, 0.3) is 0 Å². The average Bonchev–Trinajstić information content (AvgIpc) is 3.04. The van der Waals surface area contributed by atoms with Crippen LogP contribution < -0.4 is 5.32 Å². The Morgan fingerprint density at radius 3 is 2.57 bits per heavy atom. The first-order valence-electron chi connectivity index (χ1n) is 8.56. The van der Waals surface area contributed by atoms with Crippen molar-refractivity contribution in [3.8, 4) is 0 Å². The Labute approximate surface area is 143 Å². The molecule has 0 unspecified atom stereocenters. The Morgan fingerprint density at radius 2 is 1.91 bits per heavy atom. The third kappa shape index (κ3) is 3.70. The van der Waals surface area contributed by atoms with E-state index in [-0.39, 0.29) is 11.4 Å². The molecule has 1 saturated carbocycles. The van der Waals surface area contributed by atoms with Crippen LogP contribution in [0, 0.1) is 0 Å². The first-order chi connectivity index (χ1) is 11.1. The zero-order valence-electron chi connectivity index (χ0n) is 13.9. The summed E-state index contributed by atoms with van der Waals surface area (Å²) >= 11 is 6.02. The summed E-state index contributed by atoms with van der Waals surface area (Å²) in [4.78, 5) is 17.8. The van der Waals surface area contributed by atoms with Crippen LogP contribution >= 0.6 is 11.6 Å². The molecule has 1 aliphatic carbocycles. The van der Waals surface area contributed by atoms with Crippen LogP contribution in [0.4, 0.5) is 0 Å². The number of rotatable bonds is 4. The fourth-order valence-corrected chi connectivity index (χ4v) is 4.09. The average molecular weight is 336 g/mol. The van der Waals surface area contributed by atoms with Gasteiger partial charge in [-0.25, -0.2) is 0 Å². The van der Waals surface area contributed by atoms with Crippen LogP contribution in [-0.4, -0.2) is 54.5 Å². The monoisotopic (exact) mass is 335 g/mol. The fraction of sp³-hybridized carbons (Fsp3) is 0.611. The molecule has 2 aliphatic rings. The Bertz CT molecular complexity index is 549. The van der Waals surface area contributed by atoms with E-state index in [0.717, 1.165) is 57.4 Å². The van der Waals surface area contributed by atoms with E-state index in [2.05, 4.69) is 22.2 Å². The highest BCUT2D eigenvalue weighted by molar-refractivity contribution is 6.30. The van der Waals surface area contributed by atoms with Crippen LogP contribution in [-0.2, 0) is 11.3 Å². The van der Waals surface area contributed by atoms with Gasteiger partial charge in [-0.15, -0.1) is 0 Å². The van der Waals surface area contributed by atoms with Crippen molar-refractivity contribution in [2.45, 2.75) is 37.8 Å². The number of carbonyl (C=O) groups excluding carboxylic acids is 1. The molecule has 126 valence electrons. The number of benzene rings is 1. The summed E-state index contributed by atoms with van der Waals surface area (Å²) in [6.07, 6.45) is 4.27. The van der Waals surface area contributed by atoms with E-state index >= 15 is 0 Å². The number of piperazine rings is 1. The fourth-order valence-electron chi connectivity index (χ4n) is 3.88. The van der Waals surface area contributed by atoms with E-state index in [1.165, 1.54) is 0 Å². The molecule has 3 rings (SSSR count). The highest BCUT2D eigenvalue weighted by Crippen LogP contribution is 2.36. The molecule has 0 radical (unpaired) electrons. The number of hydrogen-bond acceptors (Lipinski definition) is 3. The number of nitrogens with zero attached hydrogens (tertiary/aromatic N) is 2. The molecule has 0 spiro atoms. The normalized spacial score (nSPS) is 22.2. The van der Waals surface area contributed by atoms with Gasteiger partial charge in [0.15, 0.2) is 0 Å². The van der Waals surface area contributed by atoms with E-state index in [1.54, 1.807) is 0 Å². The summed E-state index contributed by atoms with van der Waals surface area (Å²) in [7, 11) is 2.15. The number of hydrogen-bond donors (Lipinski definition) is 1. The Morgan fingerprint density at radius 1 is 1.22 bits per heavy atom. The lowest BCUT2D eigenvalue weighted by Crippen LogP contribution is -2.61. The Kier molecular flexibility index (Phi) is 5.24. The molecule has 1 amide bonds. The van der Waals surface area contributed by atoms with Gasteiger partial charge in [0.1, 0.15) is 5.54 Å². The van der Waals surface area contributed by atoms with Gasteiger partial charge in [-0.3, -0.25) is 9.69 Å². The lowest BCUT2D eigenvalue weighted by atomic mass is 9.92. The summed E-state index contributed by atoms with van der Waals surface area (Å²) in [6, 6.07) is 7.70. The zero-order chi connectivity index (χ0) is 16.3. The number of halogens is 1.